The van der Waals surface area contributed by atoms with Crippen molar-refractivity contribution < 1.29 is 36.3 Å². The third-order valence-corrected chi connectivity index (χ3v) is 5.48. The zero-order valence-electron chi connectivity index (χ0n) is 15.8. The van der Waals surface area contributed by atoms with Gasteiger partial charge in [0.15, 0.2) is 11.5 Å². The number of methoxy groups -OCH3 is 1. The van der Waals surface area contributed by atoms with E-state index in [2.05, 4.69) is 7.05 Å². The molecule has 0 saturated carbocycles. The van der Waals surface area contributed by atoms with E-state index < -0.39 is 0 Å². The van der Waals surface area contributed by atoms with E-state index in [1.807, 2.05) is 41.0 Å². The van der Waals surface area contributed by atoms with Crippen LogP contribution < -0.4 is 31.5 Å². The number of ether oxygens (including phenoxy) is 3. The molecule has 7 heteroatoms. The molecule has 3 aromatic rings. The lowest BCUT2D eigenvalue weighted by molar-refractivity contribution is -0.895. The second-order valence-electron chi connectivity index (χ2n) is 7.15. The Hall–Kier alpha value is -2.70. The van der Waals surface area contributed by atoms with Crippen molar-refractivity contribution >= 4 is 16.8 Å². The van der Waals surface area contributed by atoms with Crippen LogP contribution >= 0.6 is 0 Å². The van der Waals surface area contributed by atoms with Crippen molar-refractivity contribution in [3.05, 3.63) is 53.2 Å². The molecule has 0 aliphatic carbocycles. The number of hydrogen-bond donors (Lipinski definition) is 1. The van der Waals surface area contributed by atoms with Crippen molar-refractivity contribution in [3.8, 4) is 17.2 Å². The molecule has 28 heavy (non-hydrogen) atoms. The molecular weight excluding hydrogens is 380 g/mol. The van der Waals surface area contributed by atoms with Gasteiger partial charge in [-0.3, -0.25) is 9.36 Å². The number of nitrogens with zero attached hydrogens (tertiary/aromatic N) is 1. The van der Waals surface area contributed by atoms with E-state index >= 15 is 0 Å². The maximum Gasteiger partial charge on any atom is 0.262 e. The minimum Gasteiger partial charge on any atom is -1.00 e. The van der Waals surface area contributed by atoms with Crippen LogP contribution in [-0.2, 0) is 13.0 Å². The fraction of sp³-hybridized carbons (Fsp3) is 0.286. The van der Waals surface area contributed by atoms with E-state index in [0.29, 0.717) is 11.3 Å². The van der Waals surface area contributed by atoms with Crippen LogP contribution in [0.1, 0.15) is 21.6 Å². The van der Waals surface area contributed by atoms with Gasteiger partial charge in [-0.1, -0.05) is 0 Å². The third kappa shape index (κ3) is 2.80. The van der Waals surface area contributed by atoms with Gasteiger partial charge in [0.05, 0.1) is 26.2 Å². The number of nitrogens with one attached hydrogen (secondary N) is 1. The Morgan fingerprint density at radius 2 is 1.86 bits per heavy atom. The predicted molar refractivity (Wildman–Crippen MR) is 99.9 cm³/mol. The summed E-state index contributed by atoms with van der Waals surface area (Å²) in [7, 11) is 3.80. The first-order chi connectivity index (χ1) is 13.2. The summed E-state index contributed by atoms with van der Waals surface area (Å²) in [5.41, 5.74) is 3.85. The minimum absolute atomic E-state index is 0. The van der Waals surface area contributed by atoms with Crippen LogP contribution in [0.2, 0.25) is 0 Å². The van der Waals surface area contributed by atoms with Crippen molar-refractivity contribution in [2.75, 3.05) is 27.5 Å². The number of hydrogen-bond acceptors (Lipinski definition) is 4. The largest absolute Gasteiger partial charge is 1.00 e. The number of likely N-dealkylation sites (N-methyl/N-ethyl adjacent to an activating group) is 1. The van der Waals surface area contributed by atoms with Crippen molar-refractivity contribution in [3.63, 3.8) is 0 Å². The van der Waals surface area contributed by atoms with Gasteiger partial charge in [0, 0.05) is 34.7 Å². The molecule has 0 saturated heterocycles. The highest BCUT2D eigenvalue weighted by Crippen LogP contribution is 2.40. The second kappa shape index (κ2) is 7.04. The molecule has 1 aromatic heterocycles. The number of rotatable bonds is 2. The average Bonchev–Trinajstić information content (AvgIpc) is 3.27. The second-order valence-corrected chi connectivity index (χ2v) is 7.15. The highest BCUT2D eigenvalue weighted by molar-refractivity contribution is 6.05. The summed E-state index contributed by atoms with van der Waals surface area (Å²) in [6, 6.07) is 11.2. The number of halogens is 1. The minimum atomic E-state index is -0.0256. The van der Waals surface area contributed by atoms with Crippen molar-refractivity contribution in [2.24, 2.45) is 0 Å². The smallest absolute Gasteiger partial charge is 0.262 e. The Bertz CT molecular complexity index is 1060. The molecule has 1 N–H and O–H groups in total. The standard InChI is InChI=1S/C21H20N2O4.ClH/c1-22-8-7-17-16(11-22)15-9-19-20(27-12-26-19)10-18(15)23(17)21(24)13-3-5-14(25-2)6-4-13;/h3-6,9-10H,7-8,11-12H2,1-2H3;1H. The summed E-state index contributed by atoms with van der Waals surface area (Å²) >= 11 is 0. The number of quaternary nitrogens is 1. The van der Waals surface area contributed by atoms with Gasteiger partial charge < -0.3 is 31.5 Å². The van der Waals surface area contributed by atoms with E-state index in [0.717, 1.165) is 47.6 Å². The third-order valence-electron chi connectivity index (χ3n) is 5.48. The van der Waals surface area contributed by atoms with Gasteiger partial charge in [-0.25, -0.2) is 0 Å². The Labute approximate surface area is 169 Å². The molecule has 2 aliphatic rings. The van der Waals surface area contributed by atoms with Gasteiger partial charge in [-0.2, -0.15) is 0 Å². The Kier molecular flexibility index (Phi) is 4.69. The fourth-order valence-electron chi connectivity index (χ4n) is 4.07. The molecule has 0 spiro atoms. The van der Waals surface area contributed by atoms with Crippen LogP contribution in [0.15, 0.2) is 36.4 Å². The molecule has 2 aromatic carbocycles. The summed E-state index contributed by atoms with van der Waals surface area (Å²) < 4.78 is 18.2. The molecule has 1 atom stereocenters. The first-order valence-corrected chi connectivity index (χ1v) is 9.11. The highest BCUT2D eigenvalue weighted by atomic mass is 35.5. The van der Waals surface area contributed by atoms with Crippen molar-refractivity contribution in [2.45, 2.75) is 13.0 Å². The van der Waals surface area contributed by atoms with Crippen molar-refractivity contribution in [1.82, 2.24) is 4.57 Å². The summed E-state index contributed by atoms with van der Waals surface area (Å²) in [6.07, 6.45) is 0.865. The van der Waals surface area contributed by atoms with Crippen LogP contribution in [0.25, 0.3) is 10.9 Å². The summed E-state index contributed by atoms with van der Waals surface area (Å²) in [6.45, 7) is 2.13. The van der Waals surface area contributed by atoms with Crippen LogP contribution in [0.3, 0.4) is 0 Å². The van der Waals surface area contributed by atoms with Gasteiger partial charge in [0.1, 0.15) is 12.3 Å². The molecule has 6 nitrogen and oxygen atoms in total. The van der Waals surface area contributed by atoms with Gasteiger partial charge >= 0.3 is 0 Å². The van der Waals surface area contributed by atoms with Gasteiger partial charge in [0.2, 0.25) is 6.79 Å². The molecule has 0 amide bonds. The zero-order valence-corrected chi connectivity index (χ0v) is 16.5. The molecule has 0 radical (unpaired) electrons. The lowest BCUT2D eigenvalue weighted by atomic mass is 10.0. The first kappa shape index (κ1) is 18.7. The maximum atomic E-state index is 13.4. The average molecular weight is 401 g/mol. The predicted octanol–water partition coefficient (Wildman–Crippen LogP) is -1.36. The highest BCUT2D eigenvalue weighted by Gasteiger charge is 2.30. The summed E-state index contributed by atoms with van der Waals surface area (Å²) in [4.78, 5) is 14.9. The molecule has 1 unspecified atom stereocenters. The quantitative estimate of drug-likeness (QED) is 0.577. The number of fused-ring (bicyclic) bond motifs is 4. The van der Waals surface area contributed by atoms with Gasteiger partial charge in [-0.05, 0) is 30.3 Å². The van der Waals surface area contributed by atoms with Crippen LogP contribution in [0.5, 0.6) is 17.2 Å². The lowest BCUT2D eigenvalue weighted by Crippen LogP contribution is -3.08. The maximum absolute atomic E-state index is 13.4. The van der Waals surface area contributed by atoms with Crippen LogP contribution in [0, 0.1) is 0 Å². The Balaban J connectivity index is 0.00000192. The SMILES string of the molecule is COc1ccc(C(=O)n2c3c(c4cc5c(cc42)OCO5)C[NH+](C)CC3)cc1.[Cl-]. The molecular formula is C21H21ClN2O4. The fourth-order valence-corrected chi connectivity index (χ4v) is 4.07. The Morgan fingerprint density at radius 1 is 1.14 bits per heavy atom. The number of benzene rings is 2. The molecule has 2 aliphatic heterocycles. The van der Waals surface area contributed by atoms with E-state index in [1.54, 1.807) is 7.11 Å². The Morgan fingerprint density at radius 3 is 2.57 bits per heavy atom. The molecule has 0 bridgehead atoms. The van der Waals surface area contributed by atoms with Gasteiger partial charge in [-0.15, -0.1) is 0 Å². The molecule has 146 valence electrons. The van der Waals surface area contributed by atoms with Gasteiger partial charge in [0.25, 0.3) is 5.91 Å². The lowest BCUT2D eigenvalue weighted by Gasteiger charge is -2.21. The summed E-state index contributed by atoms with van der Waals surface area (Å²) in [5.74, 6) is 2.16. The molecule has 5 rings (SSSR count). The van der Waals surface area contributed by atoms with Crippen LogP contribution in [-0.4, -0.2) is 38.0 Å². The molecule has 3 heterocycles. The monoisotopic (exact) mass is 400 g/mol. The van der Waals surface area contributed by atoms with Crippen LogP contribution in [0.4, 0.5) is 0 Å². The number of carbonyl (C=O) groups excluding carboxylic acids is 1. The van der Waals surface area contributed by atoms with E-state index in [4.69, 9.17) is 14.2 Å². The molecule has 0 fully saturated rings. The van der Waals surface area contributed by atoms with E-state index in [9.17, 15) is 4.79 Å². The van der Waals surface area contributed by atoms with E-state index in [-0.39, 0.29) is 25.1 Å². The van der Waals surface area contributed by atoms with Crippen molar-refractivity contribution in [1.29, 1.82) is 0 Å². The van der Waals surface area contributed by atoms with E-state index in [1.165, 1.54) is 10.5 Å². The summed E-state index contributed by atoms with van der Waals surface area (Å²) in [5, 5.41) is 1.08. The first-order valence-electron chi connectivity index (χ1n) is 9.11. The zero-order chi connectivity index (χ0) is 18.5. The number of aromatic nitrogens is 1. The normalized spacial score (nSPS) is 17.1. The topological polar surface area (TPSA) is 54.1 Å². The number of carbonyl (C=O) groups is 1.